The van der Waals surface area contributed by atoms with E-state index in [1.807, 2.05) is 50.2 Å². The number of nitrogens with two attached hydrogens (primary N) is 1. The summed E-state index contributed by atoms with van der Waals surface area (Å²) in [5.74, 6) is 7.28. The number of nitrogens with one attached hydrogen (secondary N) is 1. The zero-order valence-electron chi connectivity index (χ0n) is 15.5. The monoisotopic (exact) mass is 461 g/mol. The summed E-state index contributed by atoms with van der Waals surface area (Å²) in [4.78, 5) is 12.2. The van der Waals surface area contributed by atoms with Crippen LogP contribution in [0.1, 0.15) is 17.0 Å². The number of hydrogen-bond donors (Lipinski definition) is 2. The van der Waals surface area contributed by atoms with Gasteiger partial charge in [-0.2, -0.15) is 0 Å². The van der Waals surface area contributed by atoms with E-state index < -0.39 is 0 Å². The molecule has 28 heavy (non-hydrogen) atoms. The lowest BCUT2D eigenvalue weighted by Crippen LogP contribution is -2.18. The van der Waals surface area contributed by atoms with Gasteiger partial charge < -0.3 is 15.9 Å². The van der Waals surface area contributed by atoms with Crippen LogP contribution >= 0.6 is 27.7 Å². The first kappa shape index (κ1) is 20.2. The Bertz CT molecular complexity index is 972. The largest absolute Gasteiger partial charge is 0.486 e. The second kappa shape index (κ2) is 9.11. The van der Waals surface area contributed by atoms with E-state index in [0.29, 0.717) is 16.7 Å². The van der Waals surface area contributed by atoms with Crippen LogP contribution < -0.4 is 15.9 Å². The second-order valence-corrected chi connectivity index (χ2v) is 7.99. The normalized spacial score (nSPS) is 10.7. The van der Waals surface area contributed by atoms with Crippen molar-refractivity contribution in [3.05, 3.63) is 63.9 Å². The number of benzene rings is 2. The number of carbonyl (C=O) groups excluding carboxylic acids is 1. The lowest BCUT2D eigenvalue weighted by atomic mass is 10.1. The lowest BCUT2D eigenvalue weighted by molar-refractivity contribution is -0.113. The van der Waals surface area contributed by atoms with E-state index in [0.717, 1.165) is 21.3 Å². The molecule has 1 amide bonds. The summed E-state index contributed by atoms with van der Waals surface area (Å²) in [7, 11) is 0. The Kier molecular flexibility index (Phi) is 6.58. The molecule has 0 saturated carbocycles. The molecule has 1 aromatic heterocycles. The van der Waals surface area contributed by atoms with E-state index in [-0.39, 0.29) is 18.3 Å². The first-order valence-electron chi connectivity index (χ1n) is 8.50. The van der Waals surface area contributed by atoms with Gasteiger partial charge >= 0.3 is 0 Å². The fourth-order valence-electron chi connectivity index (χ4n) is 2.55. The predicted octanol–water partition coefficient (Wildman–Crippen LogP) is 3.68. The molecule has 3 N–H and O–H groups in total. The molecule has 2 aromatic carbocycles. The molecule has 146 valence electrons. The zero-order valence-corrected chi connectivity index (χ0v) is 17.9. The summed E-state index contributed by atoms with van der Waals surface area (Å²) in [6, 6.07) is 13.4. The van der Waals surface area contributed by atoms with E-state index in [9.17, 15) is 4.79 Å². The van der Waals surface area contributed by atoms with Crippen LogP contribution in [-0.2, 0) is 11.4 Å². The van der Waals surface area contributed by atoms with Gasteiger partial charge in [-0.15, -0.1) is 10.2 Å². The number of aryl methyl sites for hydroxylation is 2. The molecule has 0 bridgehead atoms. The van der Waals surface area contributed by atoms with Crippen molar-refractivity contribution in [1.29, 1.82) is 0 Å². The van der Waals surface area contributed by atoms with Gasteiger partial charge in [-0.3, -0.25) is 4.79 Å². The Morgan fingerprint density at radius 1 is 1.21 bits per heavy atom. The van der Waals surface area contributed by atoms with Gasteiger partial charge in [0.1, 0.15) is 12.4 Å². The predicted molar refractivity (Wildman–Crippen MR) is 114 cm³/mol. The lowest BCUT2D eigenvalue weighted by Gasteiger charge is -2.08. The van der Waals surface area contributed by atoms with E-state index in [4.69, 9.17) is 10.6 Å². The van der Waals surface area contributed by atoms with Crippen molar-refractivity contribution in [1.82, 2.24) is 14.9 Å². The number of halogens is 1. The Morgan fingerprint density at radius 3 is 2.64 bits per heavy atom. The van der Waals surface area contributed by atoms with Crippen molar-refractivity contribution in [2.24, 2.45) is 0 Å². The SMILES string of the molecule is Cc1cc(C)cc(OCc2nnc(SCC(=O)Nc3ccccc3Br)n2N)c1. The van der Waals surface area contributed by atoms with Crippen molar-refractivity contribution in [3.8, 4) is 5.75 Å². The van der Waals surface area contributed by atoms with Crippen LogP contribution in [0.15, 0.2) is 52.1 Å². The van der Waals surface area contributed by atoms with Crippen molar-refractivity contribution >= 4 is 39.3 Å². The molecular formula is C19H20BrN5O2S. The first-order chi connectivity index (χ1) is 13.4. The molecule has 0 aliphatic heterocycles. The van der Waals surface area contributed by atoms with Crippen LogP contribution in [0, 0.1) is 13.8 Å². The van der Waals surface area contributed by atoms with Crippen LogP contribution in [-0.4, -0.2) is 26.5 Å². The summed E-state index contributed by atoms with van der Waals surface area (Å²) >= 11 is 4.61. The maximum atomic E-state index is 12.2. The maximum absolute atomic E-state index is 12.2. The van der Waals surface area contributed by atoms with Crippen molar-refractivity contribution in [2.45, 2.75) is 25.6 Å². The Labute approximate surface area is 175 Å². The fourth-order valence-corrected chi connectivity index (χ4v) is 3.61. The van der Waals surface area contributed by atoms with Gasteiger partial charge in [-0.25, -0.2) is 4.68 Å². The van der Waals surface area contributed by atoms with Gasteiger partial charge in [0.15, 0.2) is 5.82 Å². The average Bonchev–Trinajstić information content (AvgIpc) is 2.99. The van der Waals surface area contributed by atoms with Crippen LogP contribution in [0.5, 0.6) is 5.75 Å². The van der Waals surface area contributed by atoms with Crippen molar-refractivity contribution < 1.29 is 9.53 Å². The highest BCUT2D eigenvalue weighted by atomic mass is 79.9. The average molecular weight is 462 g/mol. The number of carbonyl (C=O) groups is 1. The van der Waals surface area contributed by atoms with Gasteiger partial charge in [0.2, 0.25) is 11.1 Å². The molecule has 0 aliphatic rings. The van der Waals surface area contributed by atoms with Gasteiger partial charge in [0.25, 0.3) is 0 Å². The molecule has 0 fully saturated rings. The summed E-state index contributed by atoms with van der Waals surface area (Å²) in [6.07, 6.45) is 0. The number of aromatic nitrogens is 3. The van der Waals surface area contributed by atoms with Gasteiger partial charge in [0.05, 0.1) is 11.4 Å². The van der Waals surface area contributed by atoms with E-state index in [2.05, 4.69) is 37.5 Å². The number of nitrogen functional groups attached to an aromatic ring is 1. The summed E-state index contributed by atoms with van der Waals surface area (Å²) in [6.45, 7) is 4.22. The fraction of sp³-hybridized carbons (Fsp3) is 0.211. The third-order valence-corrected chi connectivity index (χ3v) is 5.41. The summed E-state index contributed by atoms with van der Waals surface area (Å²) in [5, 5.41) is 11.4. The van der Waals surface area contributed by atoms with Crippen molar-refractivity contribution in [3.63, 3.8) is 0 Å². The third-order valence-electron chi connectivity index (χ3n) is 3.78. The van der Waals surface area contributed by atoms with E-state index in [1.165, 1.54) is 16.4 Å². The molecule has 9 heteroatoms. The van der Waals surface area contributed by atoms with Crippen LogP contribution in [0.4, 0.5) is 5.69 Å². The summed E-state index contributed by atoms with van der Waals surface area (Å²) < 4.78 is 7.94. The first-order valence-corrected chi connectivity index (χ1v) is 10.3. The molecule has 0 radical (unpaired) electrons. The second-order valence-electron chi connectivity index (χ2n) is 6.20. The van der Waals surface area contributed by atoms with E-state index in [1.54, 1.807) is 0 Å². The smallest absolute Gasteiger partial charge is 0.234 e. The zero-order chi connectivity index (χ0) is 20.1. The Hall–Kier alpha value is -2.52. The quantitative estimate of drug-likeness (QED) is 0.411. The number of para-hydroxylation sites is 1. The molecule has 0 unspecified atom stereocenters. The van der Waals surface area contributed by atoms with Gasteiger partial charge in [-0.05, 0) is 65.2 Å². The number of rotatable bonds is 7. The standard InChI is InChI=1S/C19H20BrN5O2S/c1-12-7-13(2)9-14(8-12)27-10-17-23-24-19(25(17)21)28-11-18(26)22-16-6-4-3-5-15(16)20/h3-9H,10-11,21H2,1-2H3,(H,22,26). The molecule has 3 rings (SSSR count). The number of thioether (sulfide) groups is 1. The minimum atomic E-state index is -0.159. The molecule has 3 aromatic rings. The summed E-state index contributed by atoms with van der Waals surface area (Å²) in [5.41, 5.74) is 2.96. The topological polar surface area (TPSA) is 95.1 Å². The van der Waals surface area contributed by atoms with Crippen molar-refractivity contribution in [2.75, 3.05) is 16.9 Å². The highest BCUT2D eigenvalue weighted by molar-refractivity contribution is 9.10. The molecule has 1 heterocycles. The molecule has 0 atom stereocenters. The molecular weight excluding hydrogens is 442 g/mol. The minimum Gasteiger partial charge on any atom is -0.486 e. The van der Waals surface area contributed by atoms with Crippen LogP contribution in [0.3, 0.4) is 0 Å². The highest BCUT2D eigenvalue weighted by Gasteiger charge is 2.13. The number of anilines is 1. The number of ether oxygens (including phenoxy) is 1. The van der Waals surface area contributed by atoms with E-state index >= 15 is 0 Å². The molecule has 0 spiro atoms. The molecule has 7 nitrogen and oxygen atoms in total. The number of hydrogen-bond acceptors (Lipinski definition) is 6. The molecule has 0 aliphatic carbocycles. The Morgan fingerprint density at radius 2 is 1.93 bits per heavy atom. The minimum absolute atomic E-state index is 0.159. The maximum Gasteiger partial charge on any atom is 0.234 e. The van der Waals surface area contributed by atoms with Crippen LogP contribution in [0.25, 0.3) is 0 Å². The Balaban J connectivity index is 1.55. The van der Waals surface area contributed by atoms with Gasteiger partial charge in [0, 0.05) is 4.47 Å². The number of amides is 1. The molecule has 0 saturated heterocycles. The van der Waals surface area contributed by atoms with Crippen LogP contribution in [0.2, 0.25) is 0 Å². The number of nitrogens with zero attached hydrogens (tertiary/aromatic N) is 3. The highest BCUT2D eigenvalue weighted by Crippen LogP contribution is 2.22. The third kappa shape index (κ3) is 5.26. The van der Waals surface area contributed by atoms with Gasteiger partial charge in [-0.1, -0.05) is 30.0 Å².